The number of rotatable bonds is 2. The monoisotopic (exact) mass is 193 g/mol. The van der Waals surface area contributed by atoms with Crippen LogP contribution in [0.25, 0.3) is 11.0 Å². The molecule has 0 saturated carbocycles. The highest BCUT2D eigenvalue weighted by atomic mass is 16.4. The van der Waals surface area contributed by atoms with E-state index in [2.05, 4.69) is 0 Å². The van der Waals surface area contributed by atoms with Crippen molar-refractivity contribution in [2.24, 2.45) is 5.73 Å². The molecular weight excluding hydrogens is 182 g/mol. The minimum atomic E-state index is 0.0707. The van der Waals surface area contributed by atoms with Crippen LogP contribution in [0, 0.1) is 0 Å². The lowest BCUT2D eigenvalue weighted by Gasteiger charge is -1.92. The molecule has 1 aromatic carbocycles. The van der Waals surface area contributed by atoms with Crippen LogP contribution in [0.1, 0.15) is 5.76 Å². The maximum atomic E-state index is 9.68. The van der Waals surface area contributed by atoms with E-state index in [0.29, 0.717) is 29.7 Å². The number of nitrogens with two attached hydrogens (primary N) is 1. The minimum absolute atomic E-state index is 0.0707. The average molecular weight is 193 g/mol. The predicted octanol–water partition coefficient (Wildman–Crippen LogP) is 1.35. The number of fused-ring (bicyclic) bond motifs is 1. The third-order valence-corrected chi connectivity index (χ3v) is 2.09. The van der Waals surface area contributed by atoms with Crippen molar-refractivity contribution < 1.29 is 14.6 Å². The summed E-state index contributed by atoms with van der Waals surface area (Å²) in [5.41, 5.74) is 5.92. The van der Waals surface area contributed by atoms with Crippen LogP contribution in [0.2, 0.25) is 0 Å². The minimum Gasteiger partial charge on any atom is -0.508 e. The highest BCUT2D eigenvalue weighted by molar-refractivity contribution is 5.86. The Morgan fingerprint density at radius 2 is 2.07 bits per heavy atom. The van der Waals surface area contributed by atoms with Gasteiger partial charge in [0.05, 0.1) is 5.39 Å². The fourth-order valence-electron chi connectivity index (χ4n) is 1.42. The molecule has 1 aromatic heterocycles. The van der Waals surface area contributed by atoms with E-state index in [1.54, 1.807) is 6.07 Å². The molecule has 2 aromatic rings. The zero-order valence-corrected chi connectivity index (χ0v) is 7.53. The number of benzene rings is 1. The molecule has 14 heavy (non-hydrogen) atoms. The van der Waals surface area contributed by atoms with Crippen molar-refractivity contribution >= 4 is 11.0 Å². The Balaban J connectivity index is 2.62. The smallest absolute Gasteiger partial charge is 0.165 e. The Morgan fingerprint density at radius 1 is 1.29 bits per heavy atom. The normalized spacial score (nSPS) is 10.9. The molecular formula is C10H11NO3. The SMILES string of the molecule is NCCc1oc2ccc(O)cc2c1O. The van der Waals surface area contributed by atoms with E-state index in [1.165, 1.54) is 12.1 Å². The summed E-state index contributed by atoms with van der Waals surface area (Å²) in [6.07, 6.45) is 0.487. The van der Waals surface area contributed by atoms with Gasteiger partial charge in [0, 0.05) is 6.42 Å². The van der Waals surface area contributed by atoms with Crippen LogP contribution in [0.15, 0.2) is 22.6 Å². The molecule has 4 nitrogen and oxygen atoms in total. The van der Waals surface area contributed by atoms with Gasteiger partial charge in [0.2, 0.25) is 0 Å². The number of aromatic hydroxyl groups is 2. The zero-order valence-electron chi connectivity index (χ0n) is 7.53. The molecule has 1 heterocycles. The largest absolute Gasteiger partial charge is 0.508 e. The number of hydrogen-bond acceptors (Lipinski definition) is 4. The Morgan fingerprint density at radius 3 is 2.79 bits per heavy atom. The molecule has 4 heteroatoms. The lowest BCUT2D eigenvalue weighted by atomic mass is 10.2. The molecule has 0 radical (unpaired) electrons. The summed E-state index contributed by atoms with van der Waals surface area (Å²) < 4.78 is 5.35. The summed E-state index contributed by atoms with van der Waals surface area (Å²) in [4.78, 5) is 0. The van der Waals surface area contributed by atoms with Crippen molar-refractivity contribution in [1.29, 1.82) is 0 Å². The van der Waals surface area contributed by atoms with E-state index in [4.69, 9.17) is 10.2 Å². The topological polar surface area (TPSA) is 79.6 Å². The van der Waals surface area contributed by atoms with Crippen molar-refractivity contribution in [2.75, 3.05) is 6.54 Å². The van der Waals surface area contributed by atoms with E-state index in [-0.39, 0.29) is 11.5 Å². The van der Waals surface area contributed by atoms with Crippen LogP contribution in [0.3, 0.4) is 0 Å². The predicted molar refractivity (Wildman–Crippen MR) is 52.3 cm³/mol. The first-order valence-electron chi connectivity index (χ1n) is 4.36. The van der Waals surface area contributed by atoms with Gasteiger partial charge in [-0.3, -0.25) is 0 Å². The van der Waals surface area contributed by atoms with Crippen LogP contribution in [0.4, 0.5) is 0 Å². The Hall–Kier alpha value is -1.68. The van der Waals surface area contributed by atoms with Gasteiger partial charge in [-0.1, -0.05) is 0 Å². The van der Waals surface area contributed by atoms with E-state index in [9.17, 15) is 10.2 Å². The fourth-order valence-corrected chi connectivity index (χ4v) is 1.42. The Kier molecular flexibility index (Phi) is 2.05. The molecule has 4 N–H and O–H groups in total. The molecule has 0 bridgehead atoms. The standard InChI is InChI=1S/C10H11NO3/c11-4-3-9-10(13)7-5-6(12)1-2-8(7)14-9/h1-2,5,12-13H,3-4,11H2. The summed E-state index contributed by atoms with van der Waals surface area (Å²) in [6, 6.07) is 4.59. The van der Waals surface area contributed by atoms with Crippen molar-refractivity contribution in [3.8, 4) is 11.5 Å². The molecule has 2 rings (SSSR count). The van der Waals surface area contributed by atoms with Crippen LogP contribution in [0.5, 0.6) is 11.5 Å². The van der Waals surface area contributed by atoms with Crippen LogP contribution >= 0.6 is 0 Å². The summed E-state index contributed by atoms with van der Waals surface area (Å²) in [6.45, 7) is 0.416. The van der Waals surface area contributed by atoms with Gasteiger partial charge in [-0.2, -0.15) is 0 Å². The quantitative estimate of drug-likeness (QED) is 0.672. The number of hydrogen-bond donors (Lipinski definition) is 3. The van der Waals surface area contributed by atoms with Gasteiger partial charge >= 0.3 is 0 Å². The summed E-state index contributed by atoms with van der Waals surface area (Å²) in [5.74, 6) is 0.641. The van der Waals surface area contributed by atoms with E-state index in [1.807, 2.05) is 0 Å². The molecule has 0 aliphatic carbocycles. The van der Waals surface area contributed by atoms with Gasteiger partial charge in [-0.05, 0) is 24.7 Å². The highest BCUT2D eigenvalue weighted by Gasteiger charge is 2.12. The second kappa shape index (κ2) is 3.23. The molecule has 0 aliphatic rings. The number of furan rings is 1. The summed E-state index contributed by atoms with van der Waals surface area (Å²) in [5, 5.41) is 19.4. The molecule has 0 atom stereocenters. The molecule has 0 amide bonds. The van der Waals surface area contributed by atoms with Crippen molar-refractivity contribution in [3.05, 3.63) is 24.0 Å². The molecule has 74 valence electrons. The van der Waals surface area contributed by atoms with Gasteiger partial charge in [0.25, 0.3) is 0 Å². The van der Waals surface area contributed by atoms with Gasteiger partial charge in [-0.25, -0.2) is 0 Å². The van der Waals surface area contributed by atoms with Gasteiger partial charge in [-0.15, -0.1) is 0 Å². The zero-order chi connectivity index (χ0) is 10.1. The third kappa shape index (κ3) is 1.29. The van der Waals surface area contributed by atoms with E-state index >= 15 is 0 Å². The van der Waals surface area contributed by atoms with Crippen molar-refractivity contribution in [2.45, 2.75) is 6.42 Å². The first-order chi connectivity index (χ1) is 6.72. The van der Waals surface area contributed by atoms with Gasteiger partial charge < -0.3 is 20.4 Å². The van der Waals surface area contributed by atoms with Crippen molar-refractivity contribution in [3.63, 3.8) is 0 Å². The average Bonchev–Trinajstić information content (AvgIpc) is 2.46. The Labute approximate surface area is 80.6 Å². The molecule has 0 saturated heterocycles. The molecule has 0 aliphatic heterocycles. The van der Waals surface area contributed by atoms with E-state index < -0.39 is 0 Å². The second-order valence-corrected chi connectivity index (χ2v) is 3.09. The maximum absolute atomic E-state index is 9.68. The molecule has 0 unspecified atom stereocenters. The lowest BCUT2D eigenvalue weighted by molar-refractivity contribution is 0.441. The number of phenols is 1. The first-order valence-corrected chi connectivity index (χ1v) is 4.36. The van der Waals surface area contributed by atoms with Crippen LogP contribution < -0.4 is 5.73 Å². The van der Waals surface area contributed by atoms with Crippen LogP contribution in [-0.4, -0.2) is 16.8 Å². The third-order valence-electron chi connectivity index (χ3n) is 2.09. The van der Waals surface area contributed by atoms with Crippen LogP contribution in [-0.2, 0) is 6.42 Å². The summed E-state index contributed by atoms with van der Waals surface area (Å²) in [7, 11) is 0. The maximum Gasteiger partial charge on any atom is 0.165 e. The van der Waals surface area contributed by atoms with Gasteiger partial charge in [0.15, 0.2) is 5.75 Å². The first kappa shape index (κ1) is 8.90. The highest BCUT2D eigenvalue weighted by Crippen LogP contribution is 2.34. The summed E-state index contributed by atoms with van der Waals surface area (Å²) >= 11 is 0. The molecule has 0 spiro atoms. The van der Waals surface area contributed by atoms with Crippen molar-refractivity contribution in [1.82, 2.24) is 0 Å². The molecule has 0 fully saturated rings. The second-order valence-electron chi connectivity index (χ2n) is 3.09. The van der Waals surface area contributed by atoms with Gasteiger partial charge in [0.1, 0.15) is 17.1 Å². The Bertz CT molecular complexity index is 462. The lowest BCUT2D eigenvalue weighted by Crippen LogP contribution is -2.01. The number of phenolic OH excluding ortho intramolecular Hbond substituents is 1. The fraction of sp³-hybridized carbons (Fsp3) is 0.200. The van der Waals surface area contributed by atoms with E-state index in [0.717, 1.165) is 0 Å².